The SMILES string of the molecule is CC[C@]12CC[C@@](O)(CCC(F)(F)F)C[C@H]1CCCc1cc(OS(=O)(=O)C(F)(F)F)ccc12. The molecule has 0 amide bonds. The van der Waals surface area contributed by atoms with Crippen LogP contribution in [0.4, 0.5) is 26.3 Å². The molecular weight excluding hydrogens is 462 g/mol. The molecule has 32 heavy (non-hydrogen) atoms. The molecule has 0 radical (unpaired) electrons. The van der Waals surface area contributed by atoms with E-state index in [1.807, 2.05) is 6.92 Å². The lowest BCUT2D eigenvalue weighted by atomic mass is 9.56. The molecule has 182 valence electrons. The van der Waals surface area contributed by atoms with Crippen LogP contribution in [0.3, 0.4) is 0 Å². The van der Waals surface area contributed by atoms with Crippen molar-refractivity contribution in [1.29, 1.82) is 0 Å². The molecule has 1 saturated carbocycles. The van der Waals surface area contributed by atoms with Gasteiger partial charge >= 0.3 is 21.8 Å². The minimum atomic E-state index is -5.79. The molecule has 1 aromatic carbocycles. The van der Waals surface area contributed by atoms with E-state index in [1.165, 1.54) is 12.1 Å². The van der Waals surface area contributed by atoms with Gasteiger partial charge in [0.2, 0.25) is 0 Å². The molecule has 0 aromatic heterocycles. The van der Waals surface area contributed by atoms with E-state index in [1.54, 1.807) is 6.07 Å². The average Bonchev–Trinajstić information content (AvgIpc) is 2.81. The van der Waals surface area contributed by atoms with Crippen molar-refractivity contribution in [2.75, 3.05) is 0 Å². The normalized spacial score (nSPS) is 29.1. The number of fused-ring (bicyclic) bond motifs is 3. The molecule has 0 heterocycles. The van der Waals surface area contributed by atoms with Crippen LogP contribution < -0.4 is 4.18 Å². The summed E-state index contributed by atoms with van der Waals surface area (Å²) in [5.74, 6) is -0.519. The van der Waals surface area contributed by atoms with Crippen molar-refractivity contribution < 1.29 is 44.0 Å². The first kappa shape index (κ1) is 25.1. The zero-order chi connectivity index (χ0) is 24.0. The number of benzene rings is 1. The minimum absolute atomic E-state index is 0.0913. The fraction of sp³-hybridized carbons (Fsp3) is 0.714. The van der Waals surface area contributed by atoms with Crippen molar-refractivity contribution in [2.45, 2.75) is 87.4 Å². The predicted octanol–water partition coefficient (Wildman–Crippen LogP) is 5.77. The van der Waals surface area contributed by atoms with Gasteiger partial charge in [-0.1, -0.05) is 13.0 Å². The first-order valence-electron chi connectivity index (χ1n) is 10.5. The first-order valence-corrected chi connectivity index (χ1v) is 11.9. The first-order chi connectivity index (χ1) is 14.6. The maximum Gasteiger partial charge on any atom is 0.534 e. The highest BCUT2D eigenvalue weighted by atomic mass is 32.2. The molecule has 2 aliphatic carbocycles. The van der Waals surface area contributed by atoms with Crippen molar-refractivity contribution >= 4 is 10.1 Å². The van der Waals surface area contributed by atoms with Crippen molar-refractivity contribution in [3.8, 4) is 5.75 Å². The molecule has 0 aliphatic heterocycles. The van der Waals surface area contributed by atoms with E-state index in [-0.39, 0.29) is 25.2 Å². The fourth-order valence-corrected chi connectivity index (χ4v) is 5.89. The van der Waals surface area contributed by atoms with Gasteiger partial charge in [0.05, 0.1) is 5.60 Å². The molecule has 0 unspecified atom stereocenters. The molecule has 2 aliphatic rings. The van der Waals surface area contributed by atoms with Gasteiger partial charge in [-0.2, -0.15) is 34.8 Å². The number of rotatable bonds is 5. The number of hydrogen-bond acceptors (Lipinski definition) is 4. The van der Waals surface area contributed by atoms with Gasteiger partial charge < -0.3 is 9.29 Å². The highest BCUT2D eigenvalue weighted by Gasteiger charge is 2.51. The lowest BCUT2D eigenvalue weighted by Crippen LogP contribution is -2.48. The number of aliphatic hydroxyl groups is 1. The second-order valence-electron chi connectivity index (χ2n) is 8.94. The van der Waals surface area contributed by atoms with E-state index < -0.39 is 45.0 Å². The van der Waals surface area contributed by atoms with Gasteiger partial charge in [-0.3, -0.25) is 0 Å². The Morgan fingerprint density at radius 1 is 1.16 bits per heavy atom. The summed E-state index contributed by atoms with van der Waals surface area (Å²) >= 11 is 0. The second kappa shape index (κ2) is 8.38. The standard InChI is InChI=1S/C21H26F6O4S/c1-2-19-10-8-18(28,9-11-20(22,23)24)13-15(19)5-3-4-14-12-16(6-7-17(14)19)31-32(29,30)21(25,26)27/h6-7,12,15,28H,2-5,8-11,13H2,1H3/t15-,18-,19+/m1/s1. The molecule has 0 saturated heterocycles. The molecule has 4 nitrogen and oxygen atoms in total. The molecule has 11 heteroatoms. The Morgan fingerprint density at radius 2 is 1.84 bits per heavy atom. The van der Waals surface area contributed by atoms with Crippen LogP contribution in [-0.2, 0) is 22.0 Å². The van der Waals surface area contributed by atoms with Crippen molar-refractivity contribution in [1.82, 2.24) is 0 Å². The van der Waals surface area contributed by atoms with Crippen LogP contribution in [0.25, 0.3) is 0 Å². The number of halogens is 6. The van der Waals surface area contributed by atoms with E-state index >= 15 is 0 Å². The third kappa shape index (κ3) is 5.03. The van der Waals surface area contributed by atoms with Crippen molar-refractivity contribution in [3.05, 3.63) is 29.3 Å². The molecule has 3 atom stereocenters. The van der Waals surface area contributed by atoms with Crippen LogP contribution >= 0.6 is 0 Å². The molecular formula is C21H26F6O4S. The van der Waals surface area contributed by atoms with Crippen LogP contribution in [0.2, 0.25) is 0 Å². The summed E-state index contributed by atoms with van der Waals surface area (Å²) in [5, 5.41) is 10.9. The highest BCUT2D eigenvalue weighted by Crippen LogP contribution is 2.55. The van der Waals surface area contributed by atoms with E-state index in [2.05, 4.69) is 4.18 Å². The predicted molar refractivity (Wildman–Crippen MR) is 105 cm³/mol. The molecule has 3 rings (SSSR count). The van der Waals surface area contributed by atoms with Gasteiger partial charge in [0, 0.05) is 6.42 Å². The zero-order valence-corrected chi connectivity index (χ0v) is 18.3. The van der Waals surface area contributed by atoms with Gasteiger partial charge in [-0.25, -0.2) is 0 Å². The lowest BCUT2D eigenvalue weighted by Gasteiger charge is -2.50. The fourth-order valence-electron chi connectivity index (χ4n) is 5.43. The van der Waals surface area contributed by atoms with Crippen LogP contribution in [0, 0.1) is 5.92 Å². The number of aryl methyl sites for hydroxylation is 1. The second-order valence-corrected chi connectivity index (χ2v) is 10.5. The third-order valence-corrected chi connectivity index (χ3v) is 8.03. The Balaban J connectivity index is 1.90. The van der Waals surface area contributed by atoms with Crippen LogP contribution in [0.15, 0.2) is 18.2 Å². The summed E-state index contributed by atoms with van der Waals surface area (Å²) in [5.41, 5.74) is -5.88. The maximum absolute atomic E-state index is 12.7. The van der Waals surface area contributed by atoms with Gasteiger partial charge in [0.25, 0.3) is 0 Å². The summed E-state index contributed by atoms with van der Waals surface area (Å²) in [6, 6.07) is 4.06. The Hall–Kier alpha value is -1.49. The topological polar surface area (TPSA) is 63.6 Å². The van der Waals surface area contributed by atoms with Gasteiger partial charge in [-0.15, -0.1) is 0 Å². The Kier molecular flexibility index (Phi) is 6.58. The van der Waals surface area contributed by atoms with Gasteiger partial charge in [-0.05, 0) is 86.0 Å². The highest BCUT2D eigenvalue weighted by molar-refractivity contribution is 7.88. The summed E-state index contributed by atoms with van der Waals surface area (Å²) in [7, 11) is -5.79. The Labute approximate surface area is 183 Å². The largest absolute Gasteiger partial charge is 0.534 e. The molecule has 0 bridgehead atoms. The van der Waals surface area contributed by atoms with Crippen molar-refractivity contribution in [3.63, 3.8) is 0 Å². The van der Waals surface area contributed by atoms with Crippen LogP contribution in [0.1, 0.15) is 69.4 Å². The van der Waals surface area contributed by atoms with Crippen LogP contribution in [-0.4, -0.2) is 30.8 Å². The molecule has 1 N–H and O–H groups in total. The van der Waals surface area contributed by atoms with Gasteiger partial charge in [0.15, 0.2) is 0 Å². The third-order valence-electron chi connectivity index (χ3n) is 7.05. The lowest BCUT2D eigenvalue weighted by molar-refractivity contribution is -0.153. The van der Waals surface area contributed by atoms with Crippen molar-refractivity contribution in [2.24, 2.45) is 5.92 Å². The summed E-state index contributed by atoms with van der Waals surface area (Å²) in [6.45, 7) is 1.95. The van der Waals surface area contributed by atoms with E-state index in [4.69, 9.17) is 0 Å². The number of alkyl halides is 6. The maximum atomic E-state index is 12.7. The summed E-state index contributed by atoms with van der Waals surface area (Å²) in [4.78, 5) is 0. The molecule has 1 aromatic rings. The summed E-state index contributed by atoms with van der Waals surface area (Å²) < 4.78 is 103. The Morgan fingerprint density at radius 3 is 2.44 bits per heavy atom. The minimum Gasteiger partial charge on any atom is -0.390 e. The Bertz CT molecular complexity index is 943. The monoisotopic (exact) mass is 488 g/mol. The van der Waals surface area contributed by atoms with Crippen LogP contribution in [0.5, 0.6) is 5.75 Å². The molecule has 1 fully saturated rings. The zero-order valence-electron chi connectivity index (χ0n) is 17.5. The molecule has 0 spiro atoms. The summed E-state index contributed by atoms with van der Waals surface area (Å²) in [6.07, 6.45) is -2.54. The van der Waals surface area contributed by atoms with E-state index in [0.717, 1.165) is 5.56 Å². The number of hydrogen-bond donors (Lipinski definition) is 1. The van der Waals surface area contributed by atoms with E-state index in [9.17, 15) is 39.9 Å². The smallest absolute Gasteiger partial charge is 0.390 e. The quantitative estimate of drug-likeness (QED) is 0.325. The average molecular weight is 488 g/mol. The van der Waals surface area contributed by atoms with E-state index in [0.29, 0.717) is 37.7 Å². The van der Waals surface area contributed by atoms with Gasteiger partial charge in [0.1, 0.15) is 5.75 Å².